The van der Waals surface area contributed by atoms with Crippen LogP contribution in [0.1, 0.15) is 11.3 Å². The summed E-state index contributed by atoms with van der Waals surface area (Å²) in [6, 6.07) is 12.3. The summed E-state index contributed by atoms with van der Waals surface area (Å²) in [5.41, 5.74) is 5.05. The lowest BCUT2D eigenvalue weighted by atomic mass is 10.1. The molecule has 1 aliphatic heterocycles. The summed E-state index contributed by atoms with van der Waals surface area (Å²) in [4.78, 5) is 11.5. The van der Waals surface area contributed by atoms with Crippen molar-refractivity contribution in [3.05, 3.63) is 53.9 Å². The van der Waals surface area contributed by atoms with Crippen LogP contribution in [0, 0.1) is 6.92 Å². The van der Waals surface area contributed by atoms with Gasteiger partial charge < -0.3 is 15.4 Å². The number of hydrogen-bond acceptors (Lipinski definition) is 7. The second kappa shape index (κ2) is 8.97. The van der Waals surface area contributed by atoms with Gasteiger partial charge in [0.05, 0.1) is 29.9 Å². The van der Waals surface area contributed by atoms with Crippen LogP contribution in [0.2, 0.25) is 0 Å². The van der Waals surface area contributed by atoms with E-state index in [1.54, 1.807) is 0 Å². The highest BCUT2D eigenvalue weighted by Gasteiger charge is 2.11. The zero-order chi connectivity index (χ0) is 21.0. The smallest absolute Gasteiger partial charge is 0.227 e. The molecule has 1 saturated heterocycles. The molecule has 1 aliphatic rings. The van der Waals surface area contributed by atoms with Gasteiger partial charge in [-0.05, 0) is 30.7 Å². The predicted octanol–water partition coefficient (Wildman–Crippen LogP) is 2.98. The molecule has 0 bridgehead atoms. The molecule has 2 aromatic heterocycles. The number of aryl methyl sites for hydroxylation is 1. The Labute approximate surface area is 181 Å². The van der Waals surface area contributed by atoms with Gasteiger partial charge in [-0.15, -0.1) is 0 Å². The van der Waals surface area contributed by atoms with Gasteiger partial charge in [-0.25, -0.2) is 9.97 Å². The second-order valence-corrected chi connectivity index (χ2v) is 7.89. The van der Waals surface area contributed by atoms with Gasteiger partial charge in [0.25, 0.3) is 0 Å². The Balaban J connectivity index is 1.23. The van der Waals surface area contributed by atoms with Crippen molar-refractivity contribution in [2.24, 2.45) is 0 Å². The SMILES string of the molecule is Cc1cccc2cnc(Nc3ccc4c(CNCCN5CCOCC5)n[nH]c4c3)nc12. The van der Waals surface area contributed by atoms with E-state index < -0.39 is 0 Å². The number of aromatic nitrogens is 4. The van der Waals surface area contributed by atoms with Crippen LogP contribution in [0.5, 0.6) is 0 Å². The third-order valence-corrected chi connectivity index (χ3v) is 5.71. The summed E-state index contributed by atoms with van der Waals surface area (Å²) >= 11 is 0. The first-order chi connectivity index (χ1) is 15.3. The third kappa shape index (κ3) is 4.51. The minimum Gasteiger partial charge on any atom is -0.379 e. The van der Waals surface area contributed by atoms with Gasteiger partial charge in [-0.1, -0.05) is 18.2 Å². The molecule has 3 heterocycles. The number of rotatable bonds is 7. The van der Waals surface area contributed by atoms with Crippen molar-refractivity contribution in [2.45, 2.75) is 13.5 Å². The quantitative estimate of drug-likeness (QED) is 0.398. The van der Waals surface area contributed by atoms with Crippen LogP contribution in [0.15, 0.2) is 42.6 Å². The van der Waals surface area contributed by atoms with Crippen molar-refractivity contribution in [1.29, 1.82) is 0 Å². The van der Waals surface area contributed by atoms with Crippen LogP contribution in [0.25, 0.3) is 21.8 Å². The van der Waals surface area contributed by atoms with E-state index in [0.717, 1.165) is 84.7 Å². The molecule has 0 unspecified atom stereocenters. The molecule has 0 atom stereocenters. The van der Waals surface area contributed by atoms with Gasteiger partial charge in [-0.2, -0.15) is 5.10 Å². The lowest BCUT2D eigenvalue weighted by Gasteiger charge is -2.26. The minimum absolute atomic E-state index is 0.589. The summed E-state index contributed by atoms with van der Waals surface area (Å²) in [5, 5.41) is 16.6. The van der Waals surface area contributed by atoms with Crippen molar-refractivity contribution >= 4 is 33.4 Å². The maximum atomic E-state index is 5.40. The van der Waals surface area contributed by atoms with Crippen LogP contribution in [-0.4, -0.2) is 64.5 Å². The van der Waals surface area contributed by atoms with E-state index >= 15 is 0 Å². The van der Waals surface area contributed by atoms with Crippen molar-refractivity contribution in [3.63, 3.8) is 0 Å². The average Bonchev–Trinajstić information content (AvgIpc) is 3.20. The number of anilines is 2. The Morgan fingerprint density at radius 3 is 2.97 bits per heavy atom. The maximum absolute atomic E-state index is 5.40. The first-order valence-electron chi connectivity index (χ1n) is 10.7. The van der Waals surface area contributed by atoms with E-state index in [2.05, 4.69) is 54.8 Å². The average molecular weight is 418 g/mol. The van der Waals surface area contributed by atoms with Gasteiger partial charge in [-0.3, -0.25) is 10.00 Å². The van der Waals surface area contributed by atoms with Crippen LogP contribution < -0.4 is 10.6 Å². The summed E-state index contributed by atoms with van der Waals surface area (Å²) in [6.07, 6.45) is 1.85. The van der Waals surface area contributed by atoms with Gasteiger partial charge >= 0.3 is 0 Å². The topological polar surface area (TPSA) is 91.0 Å². The van der Waals surface area contributed by atoms with Gasteiger partial charge in [0.2, 0.25) is 5.95 Å². The van der Waals surface area contributed by atoms with Crippen LogP contribution in [0.4, 0.5) is 11.6 Å². The van der Waals surface area contributed by atoms with E-state index in [9.17, 15) is 0 Å². The second-order valence-electron chi connectivity index (χ2n) is 7.89. The molecule has 8 heteroatoms. The standard InChI is InChI=1S/C23H27N7O/c1-16-3-2-4-17-14-25-23(27-22(16)17)26-18-5-6-19-20(13-18)28-29-21(19)15-24-7-8-30-9-11-31-12-10-30/h2-6,13-14,24H,7-12,15H2,1H3,(H,28,29)(H,25,26,27). The fourth-order valence-corrected chi connectivity index (χ4v) is 3.95. The maximum Gasteiger partial charge on any atom is 0.227 e. The van der Waals surface area contributed by atoms with Gasteiger partial charge in [0.1, 0.15) is 0 Å². The van der Waals surface area contributed by atoms with E-state index in [4.69, 9.17) is 4.74 Å². The van der Waals surface area contributed by atoms with E-state index in [0.29, 0.717) is 5.95 Å². The fraction of sp³-hybridized carbons (Fsp3) is 0.348. The molecule has 3 N–H and O–H groups in total. The molecule has 5 rings (SSSR count). The Kier molecular flexibility index (Phi) is 5.75. The summed E-state index contributed by atoms with van der Waals surface area (Å²) in [6.45, 7) is 8.48. The Morgan fingerprint density at radius 1 is 1.16 bits per heavy atom. The molecule has 4 aromatic rings. The molecule has 8 nitrogen and oxygen atoms in total. The number of benzene rings is 2. The van der Waals surface area contributed by atoms with E-state index in [1.807, 2.05) is 30.5 Å². The summed E-state index contributed by atoms with van der Waals surface area (Å²) in [7, 11) is 0. The monoisotopic (exact) mass is 417 g/mol. The molecule has 0 spiro atoms. The molecule has 160 valence electrons. The number of nitrogens with zero attached hydrogens (tertiary/aromatic N) is 4. The van der Waals surface area contributed by atoms with Crippen molar-refractivity contribution < 1.29 is 4.74 Å². The van der Waals surface area contributed by atoms with Crippen molar-refractivity contribution in [1.82, 2.24) is 30.4 Å². The van der Waals surface area contributed by atoms with Gasteiger partial charge in [0.15, 0.2) is 0 Å². The zero-order valence-electron chi connectivity index (χ0n) is 17.7. The minimum atomic E-state index is 0.589. The molecule has 1 fully saturated rings. The van der Waals surface area contributed by atoms with Crippen molar-refractivity contribution in [3.8, 4) is 0 Å². The highest BCUT2D eigenvalue weighted by Crippen LogP contribution is 2.23. The fourth-order valence-electron chi connectivity index (χ4n) is 3.95. The summed E-state index contributed by atoms with van der Waals surface area (Å²) < 4.78 is 5.40. The molecule has 2 aromatic carbocycles. The molecule has 31 heavy (non-hydrogen) atoms. The first kappa shape index (κ1) is 19.9. The van der Waals surface area contributed by atoms with Gasteiger partial charge in [0, 0.05) is 55.4 Å². The van der Waals surface area contributed by atoms with E-state index in [1.165, 1.54) is 0 Å². The number of nitrogens with one attached hydrogen (secondary N) is 3. The summed E-state index contributed by atoms with van der Waals surface area (Å²) in [5.74, 6) is 0.589. The zero-order valence-corrected chi connectivity index (χ0v) is 17.7. The Hall–Kier alpha value is -3.07. The highest BCUT2D eigenvalue weighted by molar-refractivity contribution is 5.86. The number of H-pyrrole nitrogens is 1. The number of morpholine rings is 1. The molecule has 0 saturated carbocycles. The highest BCUT2D eigenvalue weighted by atomic mass is 16.5. The molecule has 0 radical (unpaired) electrons. The van der Waals surface area contributed by atoms with Crippen LogP contribution in [0.3, 0.4) is 0 Å². The molecule has 0 aliphatic carbocycles. The van der Waals surface area contributed by atoms with Crippen LogP contribution >= 0.6 is 0 Å². The van der Waals surface area contributed by atoms with E-state index in [-0.39, 0.29) is 0 Å². The largest absolute Gasteiger partial charge is 0.379 e. The lowest BCUT2D eigenvalue weighted by molar-refractivity contribution is 0.0384. The van der Waals surface area contributed by atoms with Crippen LogP contribution in [-0.2, 0) is 11.3 Å². The number of para-hydroxylation sites is 1. The predicted molar refractivity (Wildman–Crippen MR) is 123 cm³/mol. The number of ether oxygens (including phenoxy) is 1. The normalized spacial score (nSPS) is 15.0. The molecular weight excluding hydrogens is 390 g/mol. The first-order valence-corrected chi connectivity index (χ1v) is 10.7. The van der Waals surface area contributed by atoms with Crippen molar-refractivity contribution in [2.75, 3.05) is 44.7 Å². The lowest BCUT2D eigenvalue weighted by Crippen LogP contribution is -2.40. The third-order valence-electron chi connectivity index (χ3n) is 5.71. The molecule has 0 amide bonds. The number of aromatic amines is 1. The number of fused-ring (bicyclic) bond motifs is 2. The number of hydrogen-bond donors (Lipinski definition) is 3. The Bertz CT molecular complexity index is 1180. The Morgan fingerprint density at radius 2 is 2.06 bits per heavy atom. The molecular formula is C23H27N7O.